The molecule has 0 spiro atoms. The highest BCUT2D eigenvalue weighted by Crippen LogP contribution is 2.25. The highest BCUT2D eigenvalue weighted by atomic mass is 79.9. The number of pyridine rings is 1. The molecule has 0 radical (unpaired) electrons. The van der Waals surface area contributed by atoms with Gasteiger partial charge in [-0.1, -0.05) is 11.6 Å². The molecule has 1 aromatic heterocycles. The van der Waals surface area contributed by atoms with Crippen molar-refractivity contribution in [2.75, 3.05) is 19.5 Å². The third kappa shape index (κ3) is 3.77. The molecule has 1 N–H and O–H groups in total. The molecule has 6 heteroatoms. The number of hydrogen-bond acceptors (Lipinski definition) is 4. The fourth-order valence-corrected chi connectivity index (χ4v) is 2.14. The summed E-state index contributed by atoms with van der Waals surface area (Å²) in [6.07, 6.45) is 1.69. The molecule has 0 aliphatic carbocycles. The zero-order valence-corrected chi connectivity index (χ0v) is 13.5. The van der Waals surface area contributed by atoms with Gasteiger partial charge in [-0.25, -0.2) is 4.98 Å². The van der Waals surface area contributed by atoms with Crippen LogP contribution in [0.4, 0.5) is 5.69 Å². The average molecular weight is 358 g/mol. The van der Waals surface area contributed by atoms with Gasteiger partial charge in [0, 0.05) is 12.6 Å². The standard InChI is InChI=1S/C14H14BrClN2O2/c1-19-11-3-9(4-12(6-11)20-2)7-17-10-5-13(15)14(16)18-8-10/h3-6,8,17H,7H2,1-2H3. The minimum atomic E-state index is 0.443. The van der Waals surface area contributed by atoms with Crippen molar-refractivity contribution < 1.29 is 9.47 Å². The number of rotatable bonds is 5. The summed E-state index contributed by atoms with van der Waals surface area (Å²) in [6, 6.07) is 7.62. The van der Waals surface area contributed by atoms with Gasteiger partial charge in [0.1, 0.15) is 16.7 Å². The molecule has 0 fully saturated rings. The summed E-state index contributed by atoms with van der Waals surface area (Å²) >= 11 is 9.20. The molecule has 0 unspecified atom stereocenters. The van der Waals surface area contributed by atoms with Crippen LogP contribution in [-0.2, 0) is 6.54 Å². The van der Waals surface area contributed by atoms with Crippen molar-refractivity contribution in [3.05, 3.63) is 45.7 Å². The minimum Gasteiger partial charge on any atom is -0.497 e. The van der Waals surface area contributed by atoms with Gasteiger partial charge in [-0.3, -0.25) is 0 Å². The number of hydrogen-bond donors (Lipinski definition) is 1. The Bertz CT molecular complexity index is 585. The van der Waals surface area contributed by atoms with Gasteiger partial charge < -0.3 is 14.8 Å². The topological polar surface area (TPSA) is 43.4 Å². The van der Waals surface area contributed by atoms with Crippen molar-refractivity contribution in [2.45, 2.75) is 6.54 Å². The molecule has 1 aromatic carbocycles. The van der Waals surface area contributed by atoms with Crippen LogP contribution in [0, 0.1) is 0 Å². The Labute approximate surface area is 131 Å². The van der Waals surface area contributed by atoms with E-state index in [9.17, 15) is 0 Å². The van der Waals surface area contributed by atoms with Crippen molar-refractivity contribution >= 4 is 33.2 Å². The summed E-state index contributed by atoms with van der Waals surface area (Å²) < 4.78 is 11.2. The van der Waals surface area contributed by atoms with E-state index in [4.69, 9.17) is 21.1 Å². The largest absolute Gasteiger partial charge is 0.497 e. The van der Waals surface area contributed by atoms with Crippen LogP contribution in [0.1, 0.15) is 5.56 Å². The zero-order chi connectivity index (χ0) is 14.5. The van der Waals surface area contributed by atoms with Crippen LogP contribution in [0.5, 0.6) is 11.5 Å². The van der Waals surface area contributed by atoms with Gasteiger partial charge in [-0.05, 0) is 39.7 Å². The molecule has 0 amide bonds. The van der Waals surface area contributed by atoms with Crippen molar-refractivity contribution in [2.24, 2.45) is 0 Å². The Morgan fingerprint density at radius 2 is 1.80 bits per heavy atom. The Morgan fingerprint density at radius 1 is 1.15 bits per heavy atom. The van der Waals surface area contributed by atoms with E-state index in [2.05, 4.69) is 26.2 Å². The lowest BCUT2D eigenvalue weighted by Crippen LogP contribution is -2.01. The summed E-state index contributed by atoms with van der Waals surface area (Å²) in [5.41, 5.74) is 1.93. The highest BCUT2D eigenvalue weighted by Gasteiger charge is 2.04. The lowest BCUT2D eigenvalue weighted by Gasteiger charge is -2.10. The average Bonchev–Trinajstić information content (AvgIpc) is 2.48. The first kappa shape index (κ1) is 14.9. The van der Waals surface area contributed by atoms with Crippen LogP contribution in [0.25, 0.3) is 0 Å². The summed E-state index contributed by atoms with van der Waals surface area (Å²) in [5, 5.41) is 3.71. The number of aromatic nitrogens is 1. The third-order valence-electron chi connectivity index (χ3n) is 2.70. The lowest BCUT2D eigenvalue weighted by atomic mass is 10.2. The zero-order valence-electron chi connectivity index (χ0n) is 11.1. The first-order valence-electron chi connectivity index (χ1n) is 5.89. The van der Waals surface area contributed by atoms with Gasteiger partial charge in [0.15, 0.2) is 0 Å². The fourth-order valence-electron chi connectivity index (χ4n) is 1.69. The van der Waals surface area contributed by atoms with E-state index in [0.717, 1.165) is 27.2 Å². The molecular weight excluding hydrogens is 344 g/mol. The summed E-state index contributed by atoms with van der Waals surface area (Å²) in [6.45, 7) is 0.628. The Hall–Kier alpha value is -1.46. The van der Waals surface area contributed by atoms with Crippen molar-refractivity contribution in [3.63, 3.8) is 0 Å². The molecule has 0 atom stereocenters. The molecule has 2 aromatic rings. The smallest absolute Gasteiger partial charge is 0.143 e. The molecule has 0 aliphatic heterocycles. The Balaban J connectivity index is 2.11. The molecule has 106 valence electrons. The fraction of sp³-hybridized carbons (Fsp3) is 0.214. The molecule has 0 saturated carbocycles. The normalized spacial score (nSPS) is 10.2. The van der Waals surface area contributed by atoms with Gasteiger partial charge in [-0.15, -0.1) is 0 Å². The van der Waals surface area contributed by atoms with Crippen molar-refractivity contribution in [1.82, 2.24) is 4.98 Å². The second kappa shape index (κ2) is 6.81. The molecule has 4 nitrogen and oxygen atoms in total. The molecule has 0 bridgehead atoms. The number of ether oxygens (including phenoxy) is 2. The molecule has 2 rings (SSSR count). The molecule has 20 heavy (non-hydrogen) atoms. The number of anilines is 1. The van der Waals surface area contributed by atoms with E-state index in [-0.39, 0.29) is 0 Å². The van der Waals surface area contributed by atoms with Gasteiger partial charge in [0.2, 0.25) is 0 Å². The van der Waals surface area contributed by atoms with Gasteiger partial charge in [-0.2, -0.15) is 0 Å². The Kier molecular flexibility index (Phi) is 5.09. The van der Waals surface area contributed by atoms with Crippen LogP contribution >= 0.6 is 27.5 Å². The molecule has 1 heterocycles. The molecule has 0 saturated heterocycles. The Morgan fingerprint density at radius 3 is 2.35 bits per heavy atom. The first-order chi connectivity index (χ1) is 9.62. The summed E-state index contributed by atoms with van der Waals surface area (Å²) in [4.78, 5) is 4.07. The van der Waals surface area contributed by atoms with Crippen LogP contribution in [0.3, 0.4) is 0 Å². The van der Waals surface area contributed by atoms with E-state index in [1.54, 1.807) is 20.4 Å². The van der Waals surface area contributed by atoms with E-state index in [1.807, 2.05) is 24.3 Å². The van der Waals surface area contributed by atoms with Crippen molar-refractivity contribution in [3.8, 4) is 11.5 Å². The second-order valence-electron chi connectivity index (χ2n) is 4.07. The van der Waals surface area contributed by atoms with Crippen LogP contribution < -0.4 is 14.8 Å². The van der Waals surface area contributed by atoms with Crippen LogP contribution in [0.2, 0.25) is 5.15 Å². The quantitative estimate of drug-likeness (QED) is 0.817. The van der Waals surface area contributed by atoms with Crippen LogP contribution in [-0.4, -0.2) is 19.2 Å². The summed E-state index contributed by atoms with van der Waals surface area (Å²) in [7, 11) is 3.26. The van der Waals surface area contributed by atoms with Gasteiger partial charge in [0.25, 0.3) is 0 Å². The maximum absolute atomic E-state index is 5.86. The highest BCUT2D eigenvalue weighted by molar-refractivity contribution is 9.10. The number of methoxy groups -OCH3 is 2. The molecular formula is C14H14BrClN2O2. The van der Waals surface area contributed by atoms with Crippen molar-refractivity contribution in [1.29, 1.82) is 0 Å². The van der Waals surface area contributed by atoms with E-state index >= 15 is 0 Å². The monoisotopic (exact) mass is 356 g/mol. The SMILES string of the molecule is COc1cc(CNc2cnc(Cl)c(Br)c2)cc(OC)c1. The van der Waals surface area contributed by atoms with E-state index in [1.165, 1.54) is 0 Å². The maximum Gasteiger partial charge on any atom is 0.143 e. The third-order valence-corrected chi connectivity index (χ3v) is 3.84. The first-order valence-corrected chi connectivity index (χ1v) is 7.06. The predicted octanol–water partition coefficient (Wildman–Crippen LogP) is 4.13. The van der Waals surface area contributed by atoms with E-state index < -0.39 is 0 Å². The summed E-state index contributed by atoms with van der Waals surface area (Å²) in [5.74, 6) is 1.52. The number of nitrogens with zero attached hydrogens (tertiary/aromatic N) is 1. The minimum absolute atomic E-state index is 0.443. The lowest BCUT2D eigenvalue weighted by molar-refractivity contribution is 0.393. The predicted molar refractivity (Wildman–Crippen MR) is 83.8 cm³/mol. The number of nitrogens with one attached hydrogen (secondary N) is 1. The van der Waals surface area contributed by atoms with Gasteiger partial charge >= 0.3 is 0 Å². The number of benzene rings is 1. The van der Waals surface area contributed by atoms with Gasteiger partial charge in [0.05, 0.1) is 30.6 Å². The maximum atomic E-state index is 5.86. The second-order valence-corrected chi connectivity index (χ2v) is 5.28. The van der Waals surface area contributed by atoms with Crippen LogP contribution in [0.15, 0.2) is 34.9 Å². The van der Waals surface area contributed by atoms with E-state index in [0.29, 0.717) is 11.7 Å². The number of halogens is 2. The molecule has 0 aliphatic rings.